The summed E-state index contributed by atoms with van der Waals surface area (Å²) in [7, 11) is 1.89. The van der Waals surface area contributed by atoms with Crippen molar-refractivity contribution in [1.29, 1.82) is 0 Å². The number of nitrogens with zero attached hydrogens (tertiary/aromatic N) is 5. The van der Waals surface area contributed by atoms with Gasteiger partial charge in [0.05, 0.1) is 18.2 Å². The van der Waals surface area contributed by atoms with Gasteiger partial charge in [0.15, 0.2) is 30.2 Å². The predicted octanol–water partition coefficient (Wildman–Crippen LogP) is 2.05. The maximum absolute atomic E-state index is 11.8. The van der Waals surface area contributed by atoms with Crippen LogP contribution >= 0.6 is 0 Å². The first-order valence-electron chi connectivity index (χ1n) is 8.17. The molecule has 0 aliphatic rings. The van der Waals surface area contributed by atoms with E-state index in [9.17, 15) is 4.79 Å². The molecule has 0 bridgehead atoms. The standard InChI is InChI=1S/C18H22N5O2/c1-18(2,3)25-15(24)7-10-23-8-5-13(6-9-23)14-11-19-16-17(21-14)22(4)12-20-16/h5-6,8-9,11-12H,7,10H2,1-4H3/q+1. The molecular weight excluding hydrogens is 318 g/mol. The second-order valence-corrected chi connectivity index (χ2v) is 6.92. The van der Waals surface area contributed by atoms with Gasteiger partial charge >= 0.3 is 5.97 Å². The number of imidazole rings is 1. The lowest BCUT2D eigenvalue weighted by Gasteiger charge is -2.18. The molecule has 0 N–H and O–H groups in total. The zero-order valence-electron chi connectivity index (χ0n) is 14.9. The number of rotatable bonds is 4. The van der Waals surface area contributed by atoms with Crippen molar-refractivity contribution in [2.45, 2.75) is 39.3 Å². The van der Waals surface area contributed by atoms with Crippen molar-refractivity contribution in [2.24, 2.45) is 7.05 Å². The SMILES string of the molecule is Cn1cnc2ncc(-c3cc[n+](CCC(=O)OC(C)(C)C)cc3)nc21. The first-order chi connectivity index (χ1) is 11.8. The summed E-state index contributed by atoms with van der Waals surface area (Å²) in [4.78, 5) is 24.9. The fraction of sp³-hybridized carbons (Fsp3) is 0.389. The summed E-state index contributed by atoms with van der Waals surface area (Å²) in [6.07, 6.45) is 7.60. The third kappa shape index (κ3) is 4.17. The van der Waals surface area contributed by atoms with Crippen LogP contribution < -0.4 is 4.57 Å². The molecule has 3 rings (SSSR count). The lowest BCUT2D eigenvalue weighted by atomic mass is 10.2. The van der Waals surface area contributed by atoms with E-state index in [1.165, 1.54) is 0 Å². The number of aryl methyl sites for hydroxylation is 2. The van der Waals surface area contributed by atoms with Crippen molar-refractivity contribution in [1.82, 2.24) is 19.5 Å². The molecule has 0 saturated carbocycles. The lowest BCUT2D eigenvalue weighted by molar-refractivity contribution is -0.695. The number of carbonyl (C=O) groups is 1. The molecule has 3 aromatic rings. The second-order valence-electron chi connectivity index (χ2n) is 6.92. The fourth-order valence-corrected chi connectivity index (χ4v) is 2.43. The molecule has 0 fully saturated rings. The summed E-state index contributed by atoms with van der Waals surface area (Å²) in [5, 5.41) is 0. The van der Waals surface area contributed by atoms with Gasteiger partial charge < -0.3 is 9.30 Å². The maximum atomic E-state index is 11.8. The van der Waals surface area contributed by atoms with Crippen LogP contribution in [0.25, 0.3) is 22.6 Å². The van der Waals surface area contributed by atoms with E-state index in [2.05, 4.69) is 15.0 Å². The number of esters is 1. The molecule has 0 aliphatic carbocycles. The van der Waals surface area contributed by atoms with Crippen molar-refractivity contribution in [2.75, 3.05) is 0 Å². The van der Waals surface area contributed by atoms with Crippen LogP contribution in [0.5, 0.6) is 0 Å². The first-order valence-corrected chi connectivity index (χ1v) is 8.17. The Balaban J connectivity index is 1.69. The molecule has 0 unspecified atom stereocenters. The smallest absolute Gasteiger partial charge is 0.312 e. The van der Waals surface area contributed by atoms with Gasteiger partial charge in [0.25, 0.3) is 0 Å². The van der Waals surface area contributed by atoms with Crippen molar-refractivity contribution >= 4 is 17.3 Å². The van der Waals surface area contributed by atoms with Crippen LogP contribution in [0.4, 0.5) is 0 Å². The molecule has 25 heavy (non-hydrogen) atoms. The average Bonchev–Trinajstić information content (AvgIpc) is 2.93. The monoisotopic (exact) mass is 340 g/mol. The highest BCUT2D eigenvalue weighted by Gasteiger charge is 2.17. The first kappa shape index (κ1) is 17.0. The third-order valence-electron chi connectivity index (χ3n) is 3.60. The van der Waals surface area contributed by atoms with E-state index in [1.807, 2.05) is 61.5 Å². The molecule has 0 aromatic carbocycles. The molecule has 3 heterocycles. The van der Waals surface area contributed by atoms with Gasteiger partial charge in [0, 0.05) is 24.7 Å². The van der Waals surface area contributed by atoms with E-state index in [0.717, 1.165) is 16.9 Å². The molecule has 0 saturated heterocycles. The van der Waals surface area contributed by atoms with Gasteiger partial charge in [0.1, 0.15) is 12.0 Å². The molecule has 7 heteroatoms. The van der Waals surface area contributed by atoms with E-state index >= 15 is 0 Å². The minimum absolute atomic E-state index is 0.198. The van der Waals surface area contributed by atoms with Crippen molar-refractivity contribution in [3.8, 4) is 11.3 Å². The summed E-state index contributed by atoms with van der Waals surface area (Å²) >= 11 is 0. The Morgan fingerprint density at radius 2 is 1.96 bits per heavy atom. The number of pyridine rings is 1. The highest BCUT2D eigenvalue weighted by molar-refractivity contribution is 5.70. The third-order valence-corrected chi connectivity index (χ3v) is 3.60. The van der Waals surface area contributed by atoms with Gasteiger partial charge in [-0.05, 0) is 20.8 Å². The van der Waals surface area contributed by atoms with Crippen LogP contribution in [0, 0.1) is 0 Å². The van der Waals surface area contributed by atoms with Gasteiger partial charge in [-0.15, -0.1) is 0 Å². The quantitative estimate of drug-likeness (QED) is 0.537. The lowest BCUT2D eigenvalue weighted by Crippen LogP contribution is -2.35. The molecule has 7 nitrogen and oxygen atoms in total. The molecule has 0 spiro atoms. The maximum Gasteiger partial charge on any atom is 0.312 e. The molecule has 0 atom stereocenters. The Morgan fingerprint density at radius 3 is 2.64 bits per heavy atom. The fourth-order valence-electron chi connectivity index (χ4n) is 2.43. The zero-order chi connectivity index (χ0) is 18.0. The number of carbonyl (C=O) groups excluding carboxylic acids is 1. The van der Waals surface area contributed by atoms with Gasteiger partial charge in [0.2, 0.25) is 0 Å². The number of hydrogen-bond donors (Lipinski definition) is 0. The van der Waals surface area contributed by atoms with Gasteiger partial charge in [-0.2, -0.15) is 0 Å². The predicted molar refractivity (Wildman–Crippen MR) is 92.4 cm³/mol. The zero-order valence-corrected chi connectivity index (χ0v) is 14.9. The molecular formula is C18H22N5O2+. The topological polar surface area (TPSA) is 73.8 Å². The second kappa shape index (κ2) is 6.58. The van der Waals surface area contributed by atoms with Crippen LogP contribution in [0.3, 0.4) is 0 Å². The molecule has 0 amide bonds. The van der Waals surface area contributed by atoms with Gasteiger partial charge in [-0.3, -0.25) is 4.79 Å². The summed E-state index contributed by atoms with van der Waals surface area (Å²) in [6.45, 7) is 6.18. The van der Waals surface area contributed by atoms with Crippen LogP contribution in [-0.4, -0.2) is 31.1 Å². The van der Waals surface area contributed by atoms with E-state index in [0.29, 0.717) is 18.6 Å². The Hall–Kier alpha value is -2.83. The number of fused-ring (bicyclic) bond motifs is 1. The molecule has 0 aliphatic heterocycles. The number of aromatic nitrogens is 5. The largest absolute Gasteiger partial charge is 0.460 e. The number of ether oxygens (including phenoxy) is 1. The van der Waals surface area contributed by atoms with Crippen LogP contribution in [0.15, 0.2) is 37.1 Å². The van der Waals surface area contributed by atoms with E-state index in [1.54, 1.807) is 12.5 Å². The number of hydrogen-bond acceptors (Lipinski definition) is 5. The van der Waals surface area contributed by atoms with Crippen molar-refractivity contribution in [3.63, 3.8) is 0 Å². The van der Waals surface area contributed by atoms with Crippen molar-refractivity contribution < 1.29 is 14.1 Å². The summed E-state index contributed by atoms with van der Waals surface area (Å²) < 4.78 is 9.11. The van der Waals surface area contributed by atoms with E-state index in [-0.39, 0.29) is 5.97 Å². The highest BCUT2D eigenvalue weighted by atomic mass is 16.6. The summed E-state index contributed by atoms with van der Waals surface area (Å²) in [5.74, 6) is -0.198. The molecule has 0 radical (unpaired) electrons. The Morgan fingerprint density at radius 1 is 1.24 bits per heavy atom. The van der Waals surface area contributed by atoms with Crippen molar-refractivity contribution in [3.05, 3.63) is 37.1 Å². The van der Waals surface area contributed by atoms with E-state index < -0.39 is 5.60 Å². The highest BCUT2D eigenvalue weighted by Crippen LogP contribution is 2.17. The Kier molecular flexibility index (Phi) is 4.48. The van der Waals surface area contributed by atoms with Crippen LogP contribution in [0.1, 0.15) is 27.2 Å². The Bertz CT molecular complexity index is 894. The normalized spacial score (nSPS) is 11.7. The summed E-state index contributed by atoms with van der Waals surface area (Å²) in [5.41, 5.74) is 2.68. The molecule has 3 aromatic heterocycles. The van der Waals surface area contributed by atoms with Crippen LogP contribution in [-0.2, 0) is 23.1 Å². The minimum atomic E-state index is -0.450. The average molecular weight is 340 g/mol. The Labute approximate surface area is 146 Å². The van der Waals surface area contributed by atoms with Crippen LogP contribution in [0.2, 0.25) is 0 Å². The summed E-state index contributed by atoms with van der Waals surface area (Å²) in [6, 6.07) is 3.92. The van der Waals surface area contributed by atoms with Gasteiger partial charge in [-0.25, -0.2) is 19.5 Å². The molecule has 130 valence electrons. The van der Waals surface area contributed by atoms with Gasteiger partial charge in [-0.1, -0.05) is 0 Å². The van der Waals surface area contributed by atoms with E-state index in [4.69, 9.17) is 4.74 Å². The minimum Gasteiger partial charge on any atom is -0.460 e.